The summed E-state index contributed by atoms with van der Waals surface area (Å²) in [6, 6.07) is 14.1. The molecule has 0 fully saturated rings. The average Bonchev–Trinajstić information content (AvgIpc) is 2.37. The first-order chi connectivity index (χ1) is 9.07. The van der Waals surface area contributed by atoms with Crippen LogP contribution in [0.4, 0.5) is 0 Å². The lowest BCUT2D eigenvalue weighted by molar-refractivity contribution is -0.138. The van der Waals surface area contributed by atoms with E-state index in [-0.39, 0.29) is 6.42 Å². The van der Waals surface area contributed by atoms with Crippen LogP contribution < -0.4 is 5.32 Å². The number of carbonyl (C=O) groups is 1. The molecule has 0 heterocycles. The average molecular weight is 257 g/mol. The first-order valence-electron chi connectivity index (χ1n) is 6.52. The van der Waals surface area contributed by atoms with Gasteiger partial charge in [0.2, 0.25) is 0 Å². The number of carboxylic acids is 1. The summed E-state index contributed by atoms with van der Waals surface area (Å²) in [6.07, 6.45) is 0.0643. The Morgan fingerprint density at radius 2 is 1.89 bits per heavy atom. The fraction of sp³-hybridized carbons (Fsp3) is 0.312. The lowest BCUT2D eigenvalue weighted by Crippen LogP contribution is -2.41. The maximum absolute atomic E-state index is 11.2. The molecular weight excluding hydrogens is 238 g/mol. The van der Waals surface area contributed by atoms with Crippen molar-refractivity contribution in [1.29, 1.82) is 0 Å². The van der Waals surface area contributed by atoms with E-state index in [0.717, 1.165) is 22.9 Å². The maximum Gasteiger partial charge on any atom is 0.305 e. The minimum Gasteiger partial charge on any atom is -0.481 e. The lowest BCUT2D eigenvalue weighted by Gasteiger charge is -2.31. The van der Waals surface area contributed by atoms with Gasteiger partial charge in [0.15, 0.2) is 0 Å². The predicted molar refractivity (Wildman–Crippen MR) is 77.2 cm³/mol. The summed E-state index contributed by atoms with van der Waals surface area (Å²) in [5.41, 5.74) is 0.483. The second kappa shape index (κ2) is 5.41. The van der Waals surface area contributed by atoms with Crippen LogP contribution in [-0.4, -0.2) is 17.6 Å². The minimum atomic E-state index is -0.795. The van der Waals surface area contributed by atoms with Gasteiger partial charge in [-0.3, -0.25) is 4.79 Å². The molecule has 3 heteroatoms. The summed E-state index contributed by atoms with van der Waals surface area (Å²) in [5, 5.41) is 14.7. The Morgan fingerprint density at radius 3 is 2.58 bits per heavy atom. The molecule has 0 aromatic heterocycles. The summed E-state index contributed by atoms with van der Waals surface area (Å²) in [5.74, 6) is -0.795. The molecule has 2 rings (SSSR count). The van der Waals surface area contributed by atoms with E-state index in [0.29, 0.717) is 0 Å². The molecule has 0 aliphatic carbocycles. The van der Waals surface area contributed by atoms with Crippen LogP contribution in [0.15, 0.2) is 42.5 Å². The summed E-state index contributed by atoms with van der Waals surface area (Å²) < 4.78 is 0. The summed E-state index contributed by atoms with van der Waals surface area (Å²) in [7, 11) is 0. The van der Waals surface area contributed by atoms with Crippen LogP contribution in [0.1, 0.15) is 25.8 Å². The molecule has 1 unspecified atom stereocenters. The van der Waals surface area contributed by atoms with Gasteiger partial charge in [-0.05, 0) is 29.8 Å². The molecule has 2 aromatic carbocycles. The van der Waals surface area contributed by atoms with Crippen LogP contribution in [0.2, 0.25) is 0 Å². The minimum absolute atomic E-state index is 0.0643. The fourth-order valence-corrected chi connectivity index (χ4v) is 2.65. The third-order valence-electron chi connectivity index (χ3n) is 3.46. The Morgan fingerprint density at radius 1 is 1.21 bits per heavy atom. The number of aliphatic carboxylic acids is 1. The van der Waals surface area contributed by atoms with E-state index in [1.165, 1.54) is 0 Å². The number of hydrogen-bond acceptors (Lipinski definition) is 2. The summed E-state index contributed by atoms with van der Waals surface area (Å²) >= 11 is 0. The van der Waals surface area contributed by atoms with Gasteiger partial charge in [-0.1, -0.05) is 49.4 Å². The highest BCUT2D eigenvalue weighted by Crippen LogP contribution is 2.31. The second-order valence-electron chi connectivity index (χ2n) is 4.96. The Bertz CT molecular complexity index is 589. The van der Waals surface area contributed by atoms with Crippen LogP contribution in [-0.2, 0) is 10.3 Å². The molecule has 19 heavy (non-hydrogen) atoms. The van der Waals surface area contributed by atoms with Crippen molar-refractivity contribution in [2.45, 2.75) is 25.8 Å². The highest BCUT2D eigenvalue weighted by molar-refractivity contribution is 5.87. The van der Waals surface area contributed by atoms with Gasteiger partial charge in [0.1, 0.15) is 0 Å². The topological polar surface area (TPSA) is 49.3 Å². The van der Waals surface area contributed by atoms with Gasteiger partial charge >= 0.3 is 5.97 Å². The molecule has 2 N–H and O–H groups in total. The Hall–Kier alpha value is -1.87. The van der Waals surface area contributed by atoms with Crippen LogP contribution in [0.5, 0.6) is 0 Å². The van der Waals surface area contributed by atoms with Gasteiger partial charge < -0.3 is 10.4 Å². The third-order valence-corrected chi connectivity index (χ3v) is 3.46. The normalized spacial score (nSPS) is 14.2. The number of carboxylic acid groups (broad SMARTS) is 1. The largest absolute Gasteiger partial charge is 0.481 e. The van der Waals surface area contributed by atoms with Crippen molar-refractivity contribution in [1.82, 2.24) is 5.32 Å². The van der Waals surface area contributed by atoms with Crippen LogP contribution in [0.25, 0.3) is 10.8 Å². The molecule has 0 radical (unpaired) electrons. The molecule has 0 amide bonds. The van der Waals surface area contributed by atoms with Gasteiger partial charge in [0.25, 0.3) is 0 Å². The quantitative estimate of drug-likeness (QED) is 0.865. The number of fused-ring (bicyclic) bond motifs is 1. The van der Waals surface area contributed by atoms with Crippen molar-refractivity contribution < 1.29 is 9.90 Å². The van der Waals surface area contributed by atoms with E-state index >= 15 is 0 Å². The fourth-order valence-electron chi connectivity index (χ4n) is 2.65. The number of hydrogen-bond donors (Lipinski definition) is 2. The zero-order valence-corrected chi connectivity index (χ0v) is 11.3. The predicted octanol–water partition coefficient (Wildman–Crippen LogP) is 3.14. The van der Waals surface area contributed by atoms with E-state index in [9.17, 15) is 4.79 Å². The smallest absolute Gasteiger partial charge is 0.305 e. The van der Waals surface area contributed by atoms with Crippen LogP contribution in [0.3, 0.4) is 0 Å². The highest BCUT2D eigenvalue weighted by Gasteiger charge is 2.29. The zero-order valence-electron chi connectivity index (χ0n) is 11.3. The summed E-state index contributed by atoms with van der Waals surface area (Å²) in [4.78, 5) is 11.2. The van der Waals surface area contributed by atoms with Crippen molar-refractivity contribution in [3.63, 3.8) is 0 Å². The molecule has 0 aliphatic heterocycles. The second-order valence-corrected chi connectivity index (χ2v) is 4.96. The molecule has 0 saturated heterocycles. The SMILES string of the molecule is CCNC(C)(CC(=O)O)c1cccc2ccccc12. The molecule has 0 spiro atoms. The molecule has 0 aliphatic rings. The van der Waals surface area contributed by atoms with Crippen molar-refractivity contribution >= 4 is 16.7 Å². The molecule has 0 bridgehead atoms. The first kappa shape index (κ1) is 13.6. The monoisotopic (exact) mass is 257 g/mol. The van der Waals surface area contributed by atoms with E-state index in [1.807, 2.05) is 56.3 Å². The highest BCUT2D eigenvalue weighted by atomic mass is 16.4. The van der Waals surface area contributed by atoms with Gasteiger partial charge in [0, 0.05) is 0 Å². The van der Waals surface area contributed by atoms with Gasteiger partial charge in [-0.15, -0.1) is 0 Å². The third kappa shape index (κ3) is 2.76. The molecular formula is C16H19NO2. The van der Waals surface area contributed by atoms with Crippen LogP contribution >= 0.6 is 0 Å². The maximum atomic E-state index is 11.2. The first-order valence-corrected chi connectivity index (χ1v) is 6.52. The Balaban J connectivity index is 2.58. The summed E-state index contributed by atoms with van der Waals surface area (Å²) in [6.45, 7) is 4.67. The van der Waals surface area contributed by atoms with E-state index < -0.39 is 11.5 Å². The zero-order chi connectivity index (χ0) is 13.9. The number of nitrogens with one attached hydrogen (secondary N) is 1. The Labute approximate surface area is 113 Å². The van der Waals surface area contributed by atoms with Crippen molar-refractivity contribution in [3.8, 4) is 0 Å². The van der Waals surface area contributed by atoms with E-state index in [4.69, 9.17) is 5.11 Å². The van der Waals surface area contributed by atoms with Gasteiger partial charge in [0.05, 0.1) is 12.0 Å². The molecule has 0 saturated carbocycles. The van der Waals surface area contributed by atoms with Gasteiger partial charge in [-0.25, -0.2) is 0 Å². The van der Waals surface area contributed by atoms with Crippen LogP contribution in [0, 0.1) is 0 Å². The van der Waals surface area contributed by atoms with Gasteiger partial charge in [-0.2, -0.15) is 0 Å². The molecule has 100 valence electrons. The number of benzene rings is 2. The van der Waals surface area contributed by atoms with E-state index in [1.54, 1.807) is 0 Å². The Kier molecular flexibility index (Phi) is 3.86. The van der Waals surface area contributed by atoms with Crippen molar-refractivity contribution in [2.24, 2.45) is 0 Å². The van der Waals surface area contributed by atoms with Crippen molar-refractivity contribution in [3.05, 3.63) is 48.0 Å². The van der Waals surface area contributed by atoms with E-state index in [2.05, 4.69) is 5.32 Å². The molecule has 2 aromatic rings. The molecule has 3 nitrogen and oxygen atoms in total. The standard InChI is InChI=1S/C16H19NO2/c1-3-17-16(2,11-15(18)19)14-10-6-8-12-7-4-5-9-13(12)14/h4-10,17H,3,11H2,1-2H3,(H,18,19). The number of rotatable bonds is 5. The lowest BCUT2D eigenvalue weighted by atomic mass is 9.85. The molecule has 1 atom stereocenters. The van der Waals surface area contributed by atoms with Crippen molar-refractivity contribution in [2.75, 3.05) is 6.54 Å².